The number of nitrogen functional groups attached to an aromatic ring is 2. The van der Waals surface area contributed by atoms with E-state index in [1.54, 1.807) is 0 Å². The molecule has 2 aromatic rings. The predicted molar refractivity (Wildman–Crippen MR) is 100 cm³/mol. The molecule has 0 bridgehead atoms. The van der Waals surface area contributed by atoms with E-state index in [2.05, 4.69) is 54.7 Å². The largest absolute Gasteiger partial charge is 0.383 e. The van der Waals surface area contributed by atoms with Gasteiger partial charge in [0.05, 0.1) is 5.35 Å². The van der Waals surface area contributed by atoms with Crippen molar-refractivity contribution in [3.63, 3.8) is 0 Å². The van der Waals surface area contributed by atoms with Crippen LogP contribution in [0.2, 0.25) is 0 Å². The normalized spacial score (nSPS) is 12.3. The van der Waals surface area contributed by atoms with Crippen LogP contribution >= 0.6 is 0 Å². The lowest BCUT2D eigenvalue weighted by Crippen LogP contribution is -2.34. The molecule has 0 unspecified atom stereocenters. The van der Waals surface area contributed by atoms with E-state index in [0.717, 1.165) is 16.4 Å². The summed E-state index contributed by atoms with van der Waals surface area (Å²) in [6.45, 7) is 14.0. The second-order valence-electron chi connectivity index (χ2n) is 5.54. The van der Waals surface area contributed by atoms with Gasteiger partial charge < -0.3 is 11.5 Å². The molecule has 0 spiro atoms. The average molecular weight is 310 g/mol. The Hall–Kier alpha value is -2.62. The first-order valence-corrected chi connectivity index (χ1v) is 7.51. The van der Waals surface area contributed by atoms with Gasteiger partial charge in [0.15, 0.2) is 0 Å². The van der Waals surface area contributed by atoms with Crippen LogP contribution < -0.4 is 22.0 Å². The molecule has 0 aliphatic carbocycles. The third kappa shape index (κ3) is 5.25. The zero-order valence-corrected chi connectivity index (χ0v) is 14.6. The lowest BCUT2D eigenvalue weighted by atomic mass is 10.1. The minimum atomic E-state index is 0.159. The molecule has 122 valence electrons. The molecule has 4 N–H and O–H groups in total. The Labute approximate surface area is 138 Å². The molecule has 4 heteroatoms. The lowest BCUT2D eigenvalue weighted by Gasteiger charge is -2.03. The fourth-order valence-corrected chi connectivity index (χ4v) is 2.01. The fourth-order valence-electron chi connectivity index (χ4n) is 2.01. The van der Waals surface area contributed by atoms with Crippen LogP contribution in [0, 0.1) is 13.8 Å². The molecule has 0 saturated heterocycles. The highest BCUT2D eigenvalue weighted by molar-refractivity contribution is 5.64. The smallest absolute Gasteiger partial charge is 0.222 e. The van der Waals surface area contributed by atoms with Crippen LogP contribution in [-0.4, -0.2) is 9.97 Å². The summed E-state index contributed by atoms with van der Waals surface area (Å²) >= 11 is 0. The van der Waals surface area contributed by atoms with Crippen molar-refractivity contribution in [1.29, 1.82) is 0 Å². The number of anilines is 2. The molecule has 4 nitrogen and oxygen atoms in total. The SMILES string of the molecule is C=c1nc(N)nc(N)/c1=C(C)/C(C)=C\C.Cc1ccc(C)cc1. The van der Waals surface area contributed by atoms with Crippen LogP contribution in [-0.2, 0) is 0 Å². The second-order valence-corrected chi connectivity index (χ2v) is 5.54. The number of rotatable bonds is 1. The van der Waals surface area contributed by atoms with Crippen LogP contribution in [0.25, 0.3) is 12.2 Å². The van der Waals surface area contributed by atoms with Crippen LogP contribution in [0.1, 0.15) is 31.9 Å². The average Bonchev–Trinajstić information content (AvgIpc) is 2.49. The molecule has 0 radical (unpaired) electrons. The van der Waals surface area contributed by atoms with Gasteiger partial charge in [-0.15, -0.1) is 0 Å². The summed E-state index contributed by atoms with van der Waals surface area (Å²) in [6, 6.07) is 8.48. The molecule has 1 aromatic carbocycles. The Bertz CT molecular complexity index is 781. The number of allylic oxidation sites excluding steroid dienone is 2. The Morgan fingerprint density at radius 2 is 1.48 bits per heavy atom. The maximum absolute atomic E-state index is 5.80. The number of nitrogens with two attached hydrogens (primary N) is 2. The molecule has 1 heterocycles. The Balaban J connectivity index is 0.000000277. The lowest BCUT2D eigenvalue weighted by molar-refractivity contribution is 1.12. The van der Waals surface area contributed by atoms with Crippen molar-refractivity contribution in [1.82, 2.24) is 9.97 Å². The van der Waals surface area contributed by atoms with Gasteiger partial charge >= 0.3 is 0 Å². The molecule has 0 saturated carbocycles. The molecule has 2 rings (SSSR count). The van der Waals surface area contributed by atoms with Gasteiger partial charge in [0.1, 0.15) is 5.82 Å². The third-order valence-electron chi connectivity index (χ3n) is 3.65. The summed E-state index contributed by atoms with van der Waals surface area (Å²) in [4.78, 5) is 7.93. The van der Waals surface area contributed by atoms with E-state index < -0.39 is 0 Å². The van der Waals surface area contributed by atoms with Gasteiger partial charge in [0, 0.05) is 5.22 Å². The van der Waals surface area contributed by atoms with Gasteiger partial charge in [0.2, 0.25) is 5.95 Å². The molecule has 23 heavy (non-hydrogen) atoms. The first-order valence-electron chi connectivity index (χ1n) is 7.51. The minimum absolute atomic E-state index is 0.159. The Morgan fingerprint density at radius 3 is 1.87 bits per heavy atom. The van der Waals surface area contributed by atoms with Crippen molar-refractivity contribution in [3.05, 3.63) is 57.6 Å². The summed E-state index contributed by atoms with van der Waals surface area (Å²) in [5.41, 5.74) is 16.1. The number of hydrogen-bond acceptors (Lipinski definition) is 4. The molecule has 0 aliphatic heterocycles. The zero-order chi connectivity index (χ0) is 17.6. The summed E-state index contributed by atoms with van der Waals surface area (Å²) in [7, 11) is 0. The van der Waals surface area contributed by atoms with Gasteiger partial charge in [-0.3, -0.25) is 0 Å². The molecular weight excluding hydrogens is 284 g/mol. The van der Waals surface area contributed by atoms with E-state index in [4.69, 9.17) is 11.5 Å². The maximum Gasteiger partial charge on any atom is 0.222 e. The van der Waals surface area contributed by atoms with Gasteiger partial charge in [-0.1, -0.05) is 53.6 Å². The number of benzene rings is 1. The Morgan fingerprint density at radius 1 is 1.00 bits per heavy atom. The van der Waals surface area contributed by atoms with E-state index in [-0.39, 0.29) is 5.95 Å². The molecule has 1 aromatic heterocycles. The second kappa shape index (κ2) is 8.13. The Kier molecular flexibility index (Phi) is 6.51. The van der Waals surface area contributed by atoms with E-state index in [9.17, 15) is 0 Å². The van der Waals surface area contributed by atoms with Crippen LogP contribution in [0.4, 0.5) is 11.8 Å². The summed E-state index contributed by atoms with van der Waals surface area (Å²) < 4.78 is 0. The molecule has 0 fully saturated rings. The van der Waals surface area contributed by atoms with Crippen molar-refractivity contribution >= 4 is 23.9 Å². The topological polar surface area (TPSA) is 77.8 Å². The number of nitrogens with zero attached hydrogens (tertiary/aromatic N) is 2. The fraction of sp³-hybridized carbons (Fsp3) is 0.263. The third-order valence-corrected chi connectivity index (χ3v) is 3.65. The van der Waals surface area contributed by atoms with E-state index in [1.807, 2.05) is 26.8 Å². The number of hydrogen-bond donors (Lipinski definition) is 2. The molecule has 0 amide bonds. The summed E-state index contributed by atoms with van der Waals surface area (Å²) in [5, 5.41) is 1.35. The van der Waals surface area contributed by atoms with Crippen molar-refractivity contribution in [2.45, 2.75) is 34.6 Å². The highest BCUT2D eigenvalue weighted by atomic mass is 15.0. The monoisotopic (exact) mass is 310 g/mol. The van der Waals surface area contributed by atoms with Gasteiger partial charge in [0.25, 0.3) is 0 Å². The first kappa shape index (κ1) is 18.4. The molecule has 0 atom stereocenters. The standard InChI is InChI=1S/C11H16N4.C8H10/c1-5-6(2)7(3)9-8(4)14-11(13)15-10(9)12;1-7-3-5-8(2)6-4-7/h5H,4H2,1-3H3,(H4,12,13,14,15);3-6H,1-2H3/b6-5-,9-7+;. The van der Waals surface area contributed by atoms with Crippen molar-refractivity contribution < 1.29 is 0 Å². The van der Waals surface area contributed by atoms with Gasteiger partial charge in [-0.25, -0.2) is 4.98 Å². The van der Waals surface area contributed by atoms with Crippen LogP contribution in [0.15, 0.2) is 35.9 Å². The van der Waals surface area contributed by atoms with E-state index in [0.29, 0.717) is 11.2 Å². The van der Waals surface area contributed by atoms with E-state index >= 15 is 0 Å². The van der Waals surface area contributed by atoms with Crippen LogP contribution in [0.3, 0.4) is 0 Å². The van der Waals surface area contributed by atoms with Crippen molar-refractivity contribution in [2.75, 3.05) is 11.5 Å². The number of aryl methyl sites for hydroxylation is 2. The number of aromatic nitrogens is 2. The predicted octanol–water partition coefficient (Wildman–Crippen LogP) is 2.49. The van der Waals surface area contributed by atoms with Crippen molar-refractivity contribution in [3.8, 4) is 0 Å². The minimum Gasteiger partial charge on any atom is -0.383 e. The van der Waals surface area contributed by atoms with Crippen molar-refractivity contribution in [2.24, 2.45) is 0 Å². The van der Waals surface area contributed by atoms with Gasteiger partial charge in [-0.2, -0.15) is 4.98 Å². The highest BCUT2D eigenvalue weighted by Crippen LogP contribution is 2.06. The summed E-state index contributed by atoms with van der Waals surface area (Å²) in [5.74, 6) is 0.540. The molecule has 0 aliphatic rings. The van der Waals surface area contributed by atoms with E-state index in [1.165, 1.54) is 11.1 Å². The van der Waals surface area contributed by atoms with Gasteiger partial charge in [-0.05, 0) is 40.2 Å². The first-order chi connectivity index (χ1) is 10.8. The highest BCUT2D eigenvalue weighted by Gasteiger charge is 2.02. The summed E-state index contributed by atoms with van der Waals surface area (Å²) in [6.07, 6.45) is 2.00. The maximum atomic E-state index is 5.80. The zero-order valence-electron chi connectivity index (χ0n) is 14.6. The quantitative estimate of drug-likeness (QED) is 0.848. The van der Waals surface area contributed by atoms with Crippen LogP contribution in [0.5, 0.6) is 0 Å². The molecular formula is C19H26N4.